The molecule has 1 spiro atoms. The van der Waals surface area contributed by atoms with E-state index in [1.54, 1.807) is 5.51 Å². The number of H-pyrrole nitrogens is 1. The van der Waals surface area contributed by atoms with Crippen LogP contribution in [0.1, 0.15) is 106 Å². The van der Waals surface area contributed by atoms with Crippen molar-refractivity contribution in [3.63, 3.8) is 0 Å². The molecular formula is C28H37N3OS. The number of rotatable bonds is 5. The lowest BCUT2D eigenvalue weighted by molar-refractivity contribution is 0.0896. The number of aromatic amines is 1. The third-order valence-electron chi connectivity index (χ3n) is 7.45. The summed E-state index contributed by atoms with van der Waals surface area (Å²) in [5, 5.41) is 1.91. The second-order valence-electron chi connectivity index (χ2n) is 9.72. The number of aromatic nitrogens is 2. The molecule has 0 radical (unpaired) electrons. The minimum absolute atomic E-state index is 0.0903. The van der Waals surface area contributed by atoms with Crippen LogP contribution in [0.25, 0.3) is 11.8 Å². The van der Waals surface area contributed by atoms with Crippen molar-refractivity contribution in [2.45, 2.75) is 84.5 Å². The molecule has 2 fully saturated rings. The normalized spacial score (nSPS) is 23.5. The predicted octanol–water partition coefficient (Wildman–Crippen LogP) is 8.11. The molecule has 1 unspecified atom stereocenters. The van der Waals surface area contributed by atoms with E-state index in [1.165, 1.54) is 61.0 Å². The lowest BCUT2D eigenvalue weighted by Gasteiger charge is -2.21. The molecule has 2 saturated carbocycles. The highest BCUT2D eigenvalue weighted by atomic mass is 32.1. The smallest absolute Gasteiger partial charge is 0.185 e. The maximum absolute atomic E-state index is 13.2. The molecule has 2 aliphatic carbocycles. The van der Waals surface area contributed by atoms with E-state index in [9.17, 15) is 4.79 Å². The largest absolute Gasteiger partial charge is 0.361 e. The summed E-state index contributed by atoms with van der Waals surface area (Å²) in [6.07, 6.45) is 20.9. The van der Waals surface area contributed by atoms with E-state index in [-0.39, 0.29) is 11.7 Å². The second kappa shape index (κ2) is 11.2. The molecule has 1 atom stereocenters. The Morgan fingerprint density at radius 3 is 2.67 bits per heavy atom. The Labute approximate surface area is 202 Å². The van der Waals surface area contributed by atoms with Crippen molar-refractivity contribution in [1.82, 2.24) is 9.97 Å². The van der Waals surface area contributed by atoms with Gasteiger partial charge in [0.15, 0.2) is 5.78 Å². The molecule has 1 N–H and O–H groups in total. The molecule has 2 aromatic heterocycles. The molecule has 0 aliphatic heterocycles. The van der Waals surface area contributed by atoms with Gasteiger partial charge in [-0.3, -0.25) is 9.79 Å². The van der Waals surface area contributed by atoms with Gasteiger partial charge in [0.25, 0.3) is 0 Å². The topological polar surface area (TPSA) is 58.1 Å². The summed E-state index contributed by atoms with van der Waals surface area (Å²) in [6.45, 7) is 4.05. The molecule has 0 bridgehead atoms. The van der Waals surface area contributed by atoms with Crippen LogP contribution < -0.4 is 0 Å². The van der Waals surface area contributed by atoms with E-state index in [0.29, 0.717) is 11.1 Å². The molecule has 0 aromatic carbocycles. The number of nitrogens with one attached hydrogen (secondary N) is 1. The van der Waals surface area contributed by atoms with Gasteiger partial charge >= 0.3 is 0 Å². The molecular weight excluding hydrogens is 426 g/mol. The SMILES string of the molecule is CC=N/C(=C1\CCCC(C(=O)c2cscn2)CCCC2(CCC1)CC2)c1cc[nH]c1/C=C/C. The van der Waals surface area contributed by atoms with Crippen LogP contribution in [0.15, 0.2) is 39.8 Å². The Bertz CT molecular complexity index is 1010. The van der Waals surface area contributed by atoms with Gasteiger partial charge in [-0.1, -0.05) is 12.5 Å². The zero-order valence-corrected chi connectivity index (χ0v) is 20.9. The molecule has 0 saturated heterocycles. The zero-order valence-electron chi connectivity index (χ0n) is 20.1. The van der Waals surface area contributed by atoms with Gasteiger partial charge < -0.3 is 4.98 Å². The van der Waals surface area contributed by atoms with E-state index in [1.807, 2.05) is 31.6 Å². The summed E-state index contributed by atoms with van der Waals surface area (Å²) < 4.78 is 0. The first-order chi connectivity index (χ1) is 16.2. The summed E-state index contributed by atoms with van der Waals surface area (Å²) in [6, 6.07) is 2.15. The third-order valence-corrected chi connectivity index (χ3v) is 8.04. The number of hydrogen-bond donors (Lipinski definition) is 1. The molecule has 2 aromatic rings. The van der Waals surface area contributed by atoms with Crippen molar-refractivity contribution < 1.29 is 4.79 Å². The number of nitrogens with zero attached hydrogens (tertiary/aromatic N) is 2. The number of carbonyl (C=O) groups is 1. The summed E-state index contributed by atoms with van der Waals surface area (Å²) in [5.74, 6) is 0.337. The lowest BCUT2D eigenvalue weighted by atomic mass is 9.83. The van der Waals surface area contributed by atoms with Crippen molar-refractivity contribution in [2.24, 2.45) is 16.3 Å². The predicted molar refractivity (Wildman–Crippen MR) is 140 cm³/mol. The molecule has 4 nitrogen and oxygen atoms in total. The maximum Gasteiger partial charge on any atom is 0.185 e. The van der Waals surface area contributed by atoms with Gasteiger partial charge in [0.05, 0.1) is 11.2 Å². The highest BCUT2D eigenvalue weighted by Crippen LogP contribution is 2.54. The number of hydrogen-bond acceptors (Lipinski definition) is 4. The van der Waals surface area contributed by atoms with Gasteiger partial charge in [0.1, 0.15) is 5.69 Å². The van der Waals surface area contributed by atoms with Gasteiger partial charge in [0, 0.05) is 35.0 Å². The standard InChI is InChI=1S/C28H37N3OS/c1-3-8-24-23(13-18-30-24)26(29-4-2)21-9-5-10-22(27(32)25-19-33-20-31-25)12-7-15-28(16-17-28)14-6-11-21/h3-4,8,13,18-20,22,30H,5-7,9-12,14-17H2,1-2H3/b8-3+,26-21+,29-4?. The van der Waals surface area contributed by atoms with Gasteiger partial charge in [0.2, 0.25) is 0 Å². The average Bonchev–Trinajstić information content (AvgIpc) is 3.17. The number of Topliss-reactive ketones (excluding diaryl/α,β-unsaturated/α-hetero) is 1. The molecule has 5 heteroatoms. The fourth-order valence-electron chi connectivity index (χ4n) is 5.45. The Kier molecular flexibility index (Phi) is 8.13. The van der Waals surface area contributed by atoms with Crippen molar-refractivity contribution >= 4 is 35.1 Å². The number of ketones is 1. The molecule has 2 aliphatic rings. The van der Waals surface area contributed by atoms with Crippen LogP contribution >= 0.6 is 11.3 Å². The van der Waals surface area contributed by atoms with Crippen molar-refractivity contribution in [1.29, 1.82) is 0 Å². The van der Waals surface area contributed by atoms with E-state index in [0.717, 1.165) is 43.5 Å². The van der Waals surface area contributed by atoms with Gasteiger partial charge in [-0.25, -0.2) is 4.98 Å². The molecule has 4 rings (SSSR count). The Hall–Kier alpha value is -2.27. The van der Waals surface area contributed by atoms with E-state index in [2.05, 4.69) is 28.2 Å². The zero-order chi connectivity index (χ0) is 23.1. The second-order valence-corrected chi connectivity index (χ2v) is 10.4. The quantitative estimate of drug-likeness (QED) is 0.359. The molecule has 0 amide bonds. The number of carbonyl (C=O) groups excluding carboxylic acids is 1. The van der Waals surface area contributed by atoms with Crippen LogP contribution in [0.4, 0.5) is 0 Å². The van der Waals surface area contributed by atoms with E-state index >= 15 is 0 Å². The fourth-order valence-corrected chi connectivity index (χ4v) is 5.99. The summed E-state index contributed by atoms with van der Waals surface area (Å²) in [7, 11) is 0. The van der Waals surface area contributed by atoms with Crippen molar-refractivity contribution in [3.05, 3.63) is 51.8 Å². The Morgan fingerprint density at radius 2 is 1.94 bits per heavy atom. The van der Waals surface area contributed by atoms with Crippen LogP contribution in [0.3, 0.4) is 0 Å². The Morgan fingerprint density at radius 1 is 1.15 bits per heavy atom. The Balaban J connectivity index is 1.61. The minimum Gasteiger partial charge on any atom is -0.361 e. The first-order valence-corrected chi connectivity index (χ1v) is 13.5. The van der Waals surface area contributed by atoms with Gasteiger partial charge in [-0.05, 0) is 101 Å². The van der Waals surface area contributed by atoms with Crippen LogP contribution in [0, 0.1) is 11.3 Å². The number of allylic oxidation sites excluding steroid dienone is 2. The summed E-state index contributed by atoms with van der Waals surface area (Å²) in [5.41, 5.74) is 7.84. The number of aliphatic imine (C=N–C) groups is 1. The number of thiazole rings is 1. The van der Waals surface area contributed by atoms with E-state index in [4.69, 9.17) is 4.99 Å². The highest BCUT2D eigenvalue weighted by molar-refractivity contribution is 7.07. The van der Waals surface area contributed by atoms with E-state index < -0.39 is 0 Å². The van der Waals surface area contributed by atoms with Crippen LogP contribution in [-0.4, -0.2) is 22.0 Å². The van der Waals surface area contributed by atoms with Crippen LogP contribution in [0.5, 0.6) is 0 Å². The average molecular weight is 464 g/mol. The fraction of sp³-hybridized carbons (Fsp3) is 0.536. The van der Waals surface area contributed by atoms with Crippen molar-refractivity contribution in [2.75, 3.05) is 0 Å². The minimum atomic E-state index is 0.0903. The summed E-state index contributed by atoms with van der Waals surface area (Å²) >= 11 is 1.51. The van der Waals surface area contributed by atoms with Gasteiger partial charge in [-0.15, -0.1) is 11.3 Å². The van der Waals surface area contributed by atoms with Crippen LogP contribution in [0.2, 0.25) is 0 Å². The third kappa shape index (κ3) is 6.00. The van der Waals surface area contributed by atoms with Crippen molar-refractivity contribution in [3.8, 4) is 0 Å². The summed E-state index contributed by atoms with van der Waals surface area (Å²) in [4.78, 5) is 25.7. The maximum atomic E-state index is 13.2. The van der Waals surface area contributed by atoms with Crippen LogP contribution in [-0.2, 0) is 0 Å². The monoisotopic (exact) mass is 463 g/mol. The molecule has 2 heterocycles. The lowest BCUT2D eigenvalue weighted by Crippen LogP contribution is -2.17. The first-order valence-electron chi connectivity index (χ1n) is 12.6. The molecule has 33 heavy (non-hydrogen) atoms. The van der Waals surface area contributed by atoms with Gasteiger partial charge in [-0.2, -0.15) is 0 Å². The highest BCUT2D eigenvalue weighted by Gasteiger charge is 2.41. The molecule has 176 valence electrons. The first kappa shape index (κ1) is 23.9.